The topological polar surface area (TPSA) is 48.5 Å². The van der Waals surface area contributed by atoms with E-state index in [1.807, 2.05) is 60.7 Å². The van der Waals surface area contributed by atoms with E-state index in [1.54, 1.807) is 0 Å². The standard InChI is InChI=1S/C51H33N5/c1-4-17-34(18-5-1)49-52-50(35-19-6-2-7-20-35)54-51(53-49)41-25-12-15-29-45(41)56-44-28-14-11-24-40(44)48-38(26-16-30-47(48)56)36-31-32-46-42(33-36)39-23-10-13-27-43(39)55(46)37-21-8-3-9-22-37/h1-33H. The number of para-hydroxylation sites is 4. The lowest BCUT2D eigenvalue weighted by atomic mass is 9.98. The van der Waals surface area contributed by atoms with Gasteiger partial charge in [-0.25, -0.2) is 15.0 Å². The summed E-state index contributed by atoms with van der Waals surface area (Å²) in [5.74, 6) is 1.89. The van der Waals surface area contributed by atoms with Crippen LogP contribution in [0.4, 0.5) is 0 Å². The van der Waals surface area contributed by atoms with Crippen molar-refractivity contribution < 1.29 is 0 Å². The zero-order valence-corrected chi connectivity index (χ0v) is 30.3. The van der Waals surface area contributed by atoms with Crippen LogP contribution in [-0.4, -0.2) is 24.1 Å². The van der Waals surface area contributed by atoms with Gasteiger partial charge in [-0.3, -0.25) is 0 Å². The van der Waals surface area contributed by atoms with Crippen LogP contribution in [0.15, 0.2) is 200 Å². The van der Waals surface area contributed by atoms with E-state index in [2.05, 4.69) is 149 Å². The average Bonchev–Trinajstić information content (AvgIpc) is 3.80. The minimum atomic E-state index is 0.621. The van der Waals surface area contributed by atoms with E-state index in [4.69, 9.17) is 15.0 Å². The van der Waals surface area contributed by atoms with Crippen molar-refractivity contribution in [1.82, 2.24) is 24.1 Å². The van der Waals surface area contributed by atoms with E-state index in [0.717, 1.165) is 39.1 Å². The Balaban J connectivity index is 1.14. The molecule has 5 nitrogen and oxygen atoms in total. The molecule has 0 aliphatic rings. The molecule has 5 heteroatoms. The van der Waals surface area contributed by atoms with Gasteiger partial charge in [-0.15, -0.1) is 0 Å². The van der Waals surface area contributed by atoms with Gasteiger partial charge in [0.2, 0.25) is 0 Å². The lowest BCUT2D eigenvalue weighted by molar-refractivity contribution is 1.06. The Bertz CT molecular complexity index is 3180. The number of rotatable bonds is 6. The second-order valence-corrected chi connectivity index (χ2v) is 14.0. The van der Waals surface area contributed by atoms with Crippen LogP contribution in [0.25, 0.3) is 100 Å². The van der Waals surface area contributed by atoms with Crippen LogP contribution < -0.4 is 0 Å². The summed E-state index contributed by atoms with van der Waals surface area (Å²) in [4.78, 5) is 15.2. The average molecular weight is 716 g/mol. The van der Waals surface area contributed by atoms with E-state index < -0.39 is 0 Å². The number of benzene rings is 8. The fourth-order valence-electron chi connectivity index (χ4n) is 8.30. The summed E-state index contributed by atoms with van der Waals surface area (Å²) >= 11 is 0. The maximum atomic E-state index is 5.14. The van der Waals surface area contributed by atoms with Gasteiger partial charge < -0.3 is 9.13 Å². The summed E-state index contributed by atoms with van der Waals surface area (Å²) < 4.78 is 4.74. The second kappa shape index (κ2) is 13.0. The van der Waals surface area contributed by atoms with Gasteiger partial charge >= 0.3 is 0 Å². The molecule has 3 heterocycles. The number of nitrogens with zero attached hydrogens (tertiary/aromatic N) is 5. The normalized spacial score (nSPS) is 11.6. The van der Waals surface area contributed by atoms with E-state index in [0.29, 0.717) is 17.5 Å². The first-order valence-electron chi connectivity index (χ1n) is 18.9. The van der Waals surface area contributed by atoms with Gasteiger partial charge in [-0.2, -0.15) is 0 Å². The Morgan fingerprint density at radius 2 is 0.821 bits per heavy atom. The molecule has 0 unspecified atom stereocenters. The third-order valence-electron chi connectivity index (χ3n) is 10.8. The first-order valence-corrected chi connectivity index (χ1v) is 18.9. The lowest BCUT2D eigenvalue weighted by Crippen LogP contribution is -2.03. The molecular weight excluding hydrogens is 683 g/mol. The van der Waals surface area contributed by atoms with Crippen molar-refractivity contribution in [2.75, 3.05) is 0 Å². The molecule has 0 spiro atoms. The maximum absolute atomic E-state index is 5.14. The fraction of sp³-hybridized carbons (Fsp3) is 0. The summed E-state index contributed by atoms with van der Waals surface area (Å²) in [7, 11) is 0. The van der Waals surface area contributed by atoms with Crippen molar-refractivity contribution in [1.29, 1.82) is 0 Å². The highest BCUT2D eigenvalue weighted by Crippen LogP contribution is 2.42. The number of hydrogen-bond donors (Lipinski definition) is 0. The van der Waals surface area contributed by atoms with Gasteiger partial charge in [-0.05, 0) is 65.7 Å². The molecule has 0 saturated carbocycles. The molecule has 0 aliphatic carbocycles. The van der Waals surface area contributed by atoms with Crippen molar-refractivity contribution in [3.63, 3.8) is 0 Å². The third kappa shape index (κ3) is 5.13. The number of aromatic nitrogens is 5. The van der Waals surface area contributed by atoms with Gasteiger partial charge in [0, 0.05) is 43.9 Å². The minimum Gasteiger partial charge on any atom is -0.309 e. The van der Waals surface area contributed by atoms with Crippen LogP contribution in [0.2, 0.25) is 0 Å². The van der Waals surface area contributed by atoms with Gasteiger partial charge in [0.15, 0.2) is 17.5 Å². The minimum absolute atomic E-state index is 0.621. The molecule has 0 fully saturated rings. The highest BCUT2D eigenvalue weighted by Gasteiger charge is 2.21. The summed E-state index contributed by atoms with van der Waals surface area (Å²) in [6.45, 7) is 0. The Hall–Kier alpha value is -7.63. The summed E-state index contributed by atoms with van der Waals surface area (Å²) in [5, 5.41) is 4.85. The molecule has 0 saturated heterocycles. The molecule has 0 radical (unpaired) electrons. The zero-order chi connectivity index (χ0) is 37.0. The summed E-state index contributed by atoms with van der Waals surface area (Å²) in [5.41, 5.74) is 11.9. The van der Waals surface area contributed by atoms with Crippen LogP contribution >= 0.6 is 0 Å². The van der Waals surface area contributed by atoms with E-state index in [-0.39, 0.29) is 0 Å². The SMILES string of the molecule is c1ccc(-c2nc(-c3ccccc3)nc(-c3ccccc3-n3c4ccccc4c4c(-c5ccc6c(c5)c5ccccc5n6-c5ccccc5)cccc43)n2)cc1. The van der Waals surface area contributed by atoms with Crippen molar-refractivity contribution >= 4 is 43.6 Å². The molecule has 11 aromatic rings. The lowest BCUT2D eigenvalue weighted by Gasteiger charge is -2.15. The smallest absolute Gasteiger partial charge is 0.166 e. The Kier molecular flexibility index (Phi) is 7.42. The van der Waals surface area contributed by atoms with Crippen LogP contribution in [0, 0.1) is 0 Å². The van der Waals surface area contributed by atoms with E-state index >= 15 is 0 Å². The molecule has 0 bridgehead atoms. The van der Waals surface area contributed by atoms with Crippen molar-refractivity contribution in [2.24, 2.45) is 0 Å². The summed E-state index contributed by atoms with van der Waals surface area (Å²) in [6, 6.07) is 70.3. The van der Waals surface area contributed by atoms with Crippen LogP contribution in [0.1, 0.15) is 0 Å². The zero-order valence-electron chi connectivity index (χ0n) is 30.3. The first kappa shape index (κ1) is 31.9. The third-order valence-corrected chi connectivity index (χ3v) is 10.8. The molecule has 0 aliphatic heterocycles. The molecule has 0 N–H and O–H groups in total. The van der Waals surface area contributed by atoms with E-state index in [1.165, 1.54) is 43.7 Å². The predicted octanol–water partition coefficient (Wildman–Crippen LogP) is 12.7. The number of hydrogen-bond acceptors (Lipinski definition) is 3. The van der Waals surface area contributed by atoms with Crippen LogP contribution in [-0.2, 0) is 0 Å². The maximum Gasteiger partial charge on any atom is 0.166 e. The van der Waals surface area contributed by atoms with Crippen molar-refractivity contribution in [2.45, 2.75) is 0 Å². The predicted molar refractivity (Wildman–Crippen MR) is 230 cm³/mol. The molecular formula is C51H33N5. The van der Waals surface area contributed by atoms with Gasteiger partial charge in [0.1, 0.15) is 0 Å². The fourth-order valence-corrected chi connectivity index (χ4v) is 8.30. The van der Waals surface area contributed by atoms with Crippen molar-refractivity contribution in [3.8, 4) is 56.7 Å². The molecule has 262 valence electrons. The van der Waals surface area contributed by atoms with Crippen molar-refractivity contribution in [3.05, 3.63) is 200 Å². The van der Waals surface area contributed by atoms with Gasteiger partial charge in [0.25, 0.3) is 0 Å². The van der Waals surface area contributed by atoms with Crippen LogP contribution in [0.5, 0.6) is 0 Å². The molecule has 11 rings (SSSR count). The molecule has 56 heavy (non-hydrogen) atoms. The first-order chi connectivity index (χ1) is 27.8. The Labute approximate surface area is 323 Å². The Morgan fingerprint density at radius 3 is 1.54 bits per heavy atom. The molecule has 0 amide bonds. The van der Waals surface area contributed by atoms with Crippen LogP contribution in [0.3, 0.4) is 0 Å². The second-order valence-electron chi connectivity index (χ2n) is 14.0. The monoisotopic (exact) mass is 715 g/mol. The molecule has 8 aromatic carbocycles. The largest absolute Gasteiger partial charge is 0.309 e. The van der Waals surface area contributed by atoms with Gasteiger partial charge in [-0.1, -0.05) is 146 Å². The van der Waals surface area contributed by atoms with Gasteiger partial charge in [0.05, 0.1) is 27.8 Å². The van der Waals surface area contributed by atoms with E-state index in [9.17, 15) is 0 Å². The highest BCUT2D eigenvalue weighted by molar-refractivity contribution is 6.17. The molecule has 3 aromatic heterocycles. The Morgan fingerprint density at radius 1 is 0.304 bits per heavy atom. The highest BCUT2D eigenvalue weighted by atomic mass is 15.1. The quantitative estimate of drug-likeness (QED) is 0.172. The number of fused-ring (bicyclic) bond motifs is 6. The molecule has 0 atom stereocenters. The summed E-state index contributed by atoms with van der Waals surface area (Å²) in [6.07, 6.45) is 0.